The first kappa shape index (κ1) is 16.4. The summed E-state index contributed by atoms with van der Waals surface area (Å²) in [5.74, 6) is 0.126. The van der Waals surface area contributed by atoms with Crippen LogP contribution < -0.4 is 10.6 Å². The largest absolute Gasteiger partial charge is 0.351 e. The monoisotopic (exact) mass is 316 g/mol. The zero-order valence-electron chi connectivity index (χ0n) is 14.1. The van der Waals surface area contributed by atoms with E-state index in [2.05, 4.69) is 51.6 Å². The number of carbonyl (C=O) groups excluding carboxylic acids is 1. The first-order chi connectivity index (χ1) is 11.2. The summed E-state index contributed by atoms with van der Waals surface area (Å²) in [6.45, 7) is 9.63. The Morgan fingerprint density at radius 1 is 1.22 bits per heavy atom. The van der Waals surface area contributed by atoms with E-state index in [9.17, 15) is 4.79 Å². The van der Waals surface area contributed by atoms with Crippen LogP contribution in [0.3, 0.4) is 0 Å². The lowest BCUT2D eigenvalue weighted by Crippen LogP contribution is -2.52. The van der Waals surface area contributed by atoms with Crippen LogP contribution in [0.4, 0.5) is 0 Å². The van der Waals surface area contributed by atoms with Crippen LogP contribution in [-0.4, -0.2) is 67.6 Å². The number of benzene rings is 1. The first-order valence-corrected chi connectivity index (χ1v) is 8.70. The summed E-state index contributed by atoms with van der Waals surface area (Å²) in [4.78, 5) is 17.0. The number of piperazine rings is 1. The fourth-order valence-corrected chi connectivity index (χ4v) is 3.40. The average Bonchev–Trinajstić information content (AvgIpc) is 3.09. The maximum atomic E-state index is 12.1. The highest BCUT2D eigenvalue weighted by Crippen LogP contribution is 2.11. The predicted molar refractivity (Wildman–Crippen MR) is 92.3 cm³/mol. The van der Waals surface area contributed by atoms with Crippen molar-refractivity contribution in [1.29, 1.82) is 0 Å². The molecule has 0 aliphatic carbocycles. The molecular formula is C18H28N4O. The lowest BCUT2D eigenvalue weighted by atomic mass is 10.1. The fraction of sp³-hybridized carbons (Fsp3) is 0.611. The van der Waals surface area contributed by atoms with E-state index in [0.717, 1.165) is 44.8 Å². The first-order valence-electron chi connectivity index (χ1n) is 8.70. The van der Waals surface area contributed by atoms with Crippen LogP contribution in [0, 0.1) is 6.92 Å². The van der Waals surface area contributed by atoms with E-state index in [0.29, 0.717) is 19.1 Å². The standard InChI is InChI=1S/C18H28N4O/c1-15-2-4-16(5-3-15)12-20-18(23)14-21-8-10-22(11-9-21)17-6-7-19-13-17/h2-5,17,19H,6-14H2,1H3,(H,20,23). The van der Waals surface area contributed by atoms with Crippen molar-refractivity contribution in [2.45, 2.75) is 25.9 Å². The third kappa shape index (κ3) is 4.77. The molecule has 2 aliphatic heterocycles. The Balaban J connectivity index is 1.36. The normalized spacial score (nSPS) is 23.1. The SMILES string of the molecule is Cc1ccc(CNC(=O)CN2CCN(C3CCNC3)CC2)cc1. The molecule has 3 rings (SSSR count). The van der Waals surface area contributed by atoms with Gasteiger partial charge in [0.1, 0.15) is 0 Å². The van der Waals surface area contributed by atoms with E-state index in [1.54, 1.807) is 0 Å². The van der Waals surface area contributed by atoms with Crippen molar-refractivity contribution in [2.75, 3.05) is 45.8 Å². The number of hydrogen-bond donors (Lipinski definition) is 2. The summed E-state index contributed by atoms with van der Waals surface area (Å²) in [7, 11) is 0. The van der Waals surface area contributed by atoms with Crippen molar-refractivity contribution < 1.29 is 4.79 Å². The number of rotatable bonds is 5. The van der Waals surface area contributed by atoms with E-state index in [1.165, 1.54) is 12.0 Å². The van der Waals surface area contributed by atoms with Gasteiger partial charge in [-0.15, -0.1) is 0 Å². The van der Waals surface area contributed by atoms with E-state index in [4.69, 9.17) is 0 Å². The zero-order valence-corrected chi connectivity index (χ0v) is 14.1. The second-order valence-corrected chi connectivity index (χ2v) is 6.72. The van der Waals surface area contributed by atoms with Crippen LogP contribution >= 0.6 is 0 Å². The van der Waals surface area contributed by atoms with Gasteiger partial charge in [0, 0.05) is 45.3 Å². The molecule has 1 aromatic carbocycles. The van der Waals surface area contributed by atoms with Gasteiger partial charge < -0.3 is 10.6 Å². The molecule has 126 valence electrons. The fourth-order valence-electron chi connectivity index (χ4n) is 3.40. The van der Waals surface area contributed by atoms with Crippen molar-refractivity contribution >= 4 is 5.91 Å². The van der Waals surface area contributed by atoms with Crippen molar-refractivity contribution in [2.24, 2.45) is 0 Å². The highest BCUT2D eigenvalue weighted by atomic mass is 16.2. The molecular weight excluding hydrogens is 288 g/mol. The lowest BCUT2D eigenvalue weighted by molar-refractivity contribution is -0.122. The van der Waals surface area contributed by atoms with Gasteiger partial charge in [-0.25, -0.2) is 0 Å². The lowest BCUT2D eigenvalue weighted by Gasteiger charge is -2.37. The molecule has 23 heavy (non-hydrogen) atoms. The van der Waals surface area contributed by atoms with Crippen LogP contribution in [0.5, 0.6) is 0 Å². The van der Waals surface area contributed by atoms with Crippen LogP contribution in [0.25, 0.3) is 0 Å². The smallest absolute Gasteiger partial charge is 0.234 e. The molecule has 1 unspecified atom stereocenters. The van der Waals surface area contributed by atoms with Gasteiger partial charge in [0.25, 0.3) is 0 Å². The third-order valence-corrected chi connectivity index (χ3v) is 4.94. The maximum absolute atomic E-state index is 12.1. The molecule has 0 bridgehead atoms. The van der Waals surface area contributed by atoms with Crippen molar-refractivity contribution in [3.8, 4) is 0 Å². The molecule has 1 amide bonds. The quantitative estimate of drug-likeness (QED) is 0.835. The molecule has 2 aliphatic rings. The minimum atomic E-state index is 0.126. The topological polar surface area (TPSA) is 47.6 Å². The van der Waals surface area contributed by atoms with Crippen molar-refractivity contribution in [3.63, 3.8) is 0 Å². The van der Waals surface area contributed by atoms with E-state index < -0.39 is 0 Å². The molecule has 2 fully saturated rings. The summed E-state index contributed by atoms with van der Waals surface area (Å²) in [6, 6.07) is 9.01. The Morgan fingerprint density at radius 3 is 2.61 bits per heavy atom. The van der Waals surface area contributed by atoms with E-state index >= 15 is 0 Å². The third-order valence-electron chi connectivity index (χ3n) is 4.94. The highest BCUT2D eigenvalue weighted by molar-refractivity contribution is 5.78. The second-order valence-electron chi connectivity index (χ2n) is 6.72. The summed E-state index contributed by atoms with van der Waals surface area (Å²) in [5, 5.41) is 6.46. The molecule has 2 N–H and O–H groups in total. The minimum Gasteiger partial charge on any atom is -0.351 e. The number of aryl methyl sites for hydroxylation is 1. The molecule has 2 saturated heterocycles. The number of hydrogen-bond acceptors (Lipinski definition) is 4. The Hall–Kier alpha value is -1.43. The predicted octanol–water partition coefficient (Wildman–Crippen LogP) is 0.591. The second kappa shape index (κ2) is 7.90. The molecule has 2 heterocycles. The number of carbonyl (C=O) groups is 1. The molecule has 0 spiro atoms. The van der Waals surface area contributed by atoms with Gasteiger partial charge in [-0.1, -0.05) is 29.8 Å². The summed E-state index contributed by atoms with van der Waals surface area (Å²) < 4.78 is 0. The Kier molecular flexibility index (Phi) is 5.65. The van der Waals surface area contributed by atoms with E-state index in [-0.39, 0.29) is 5.91 Å². The molecule has 0 saturated carbocycles. The van der Waals surface area contributed by atoms with Crippen LogP contribution in [0.1, 0.15) is 17.5 Å². The number of nitrogens with one attached hydrogen (secondary N) is 2. The Bertz CT molecular complexity index is 502. The molecule has 0 radical (unpaired) electrons. The van der Waals surface area contributed by atoms with Crippen LogP contribution in [-0.2, 0) is 11.3 Å². The molecule has 5 nitrogen and oxygen atoms in total. The van der Waals surface area contributed by atoms with Crippen molar-refractivity contribution in [3.05, 3.63) is 35.4 Å². The minimum absolute atomic E-state index is 0.126. The molecule has 5 heteroatoms. The Morgan fingerprint density at radius 2 is 1.96 bits per heavy atom. The Labute approximate surface area is 139 Å². The van der Waals surface area contributed by atoms with Gasteiger partial charge in [0.2, 0.25) is 5.91 Å². The highest BCUT2D eigenvalue weighted by Gasteiger charge is 2.26. The molecule has 1 aromatic rings. The van der Waals surface area contributed by atoms with Gasteiger partial charge >= 0.3 is 0 Å². The molecule has 1 atom stereocenters. The average molecular weight is 316 g/mol. The van der Waals surface area contributed by atoms with Gasteiger partial charge in [-0.3, -0.25) is 14.6 Å². The van der Waals surface area contributed by atoms with Crippen LogP contribution in [0.15, 0.2) is 24.3 Å². The van der Waals surface area contributed by atoms with Crippen molar-refractivity contribution in [1.82, 2.24) is 20.4 Å². The van der Waals surface area contributed by atoms with Gasteiger partial charge in [-0.2, -0.15) is 0 Å². The molecule has 0 aromatic heterocycles. The summed E-state index contributed by atoms with van der Waals surface area (Å²) in [5.41, 5.74) is 2.40. The maximum Gasteiger partial charge on any atom is 0.234 e. The number of amides is 1. The van der Waals surface area contributed by atoms with Gasteiger partial charge in [-0.05, 0) is 25.5 Å². The summed E-state index contributed by atoms with van der Waals surface area (Å²) in [6.07, 6.45) is 1.26. The van der Waals surface area contributed by atoms with Gasteiger partial charge in [0.05, 0.1) is 6.54 Å². The van der Waals surface area contributed by atoms with Crippen LogP contribution in [0.2, 0.25) is 0 Å². The number of nitrogens with zero attached hydrogens (tertiary/aromatic N) is 2. The van der Waals surface area contributed by atoms with E-state index in [1.807, 2.05) is 0 Å². The van der Waals surface area contributed by atoms with Gasteiger partial charge in [0.15, 0.2) is 0 Å². The summed E-state index contributed by atoms with van der Waals surface area (Å²) >= 11 is 0. The zero-order chi connectivity index (χ0) is 16.1.